The summed E-state index contributed by atoms with van der Waals surface area (Å²) in [5.41, 5.74) is -1.16. The zero-order valence-electron chi connectivity index (χ0n) is 25.4. The first-order valence-corrected chi connectivity index (χ1v) is 17.6. The summed E-state index contributed by atoms with van der Waals surface area (Å²) >= 11 is 0. The monoisotopic (exact) mass is 576 g/mol. The van der Waals surface area contributed by atoms with Crippen LogP contribution in [0, 0.1) is 23.7 Å². The first kappa shape index (κ1) is 26.6. The molecule has 2 aliphatic heterocycles. The number of alkyl halides is 1. The summed E-state index contributed by atoms with van der Waals surface area (Å²) in [6, 6.07) is 0. The van der Waals surface area contributed by atoms with Crippen molar-refractivity contribution in [3.63, 3.8) is 0 Å². The van der Waals surface area contributed by atoms with Crippen molar-refractivity contribution < 1.29 is 9.50 Å². The molecule has 0 aromatic carbocycles. The van der Waals surface area contributed by atoms with Gasteiger partial charge in [0.25, 0.3) is 0 Å². The minimum atomic E-state index is -0.902. The number of nitrogens with zero attached hydrogens (tertiary/aromatic N) is 6. The molecule has 12 rings (SSSR count). The molecular formula is C34H49FN6O. The van der Waals surface area contributed by atoms with Gasteiger partial charge in [0.1, 0.15) is 29.0 Å². The average molecular weight is 577 g/mol. The third kappa shape index (κ3) is 4.19. The van der Waals surface area contributed by atoms with Gasteiger partial charge in [0.05, 0.1) is 5.60 Å². The number of rotatable bonds is 2. The van der Waals surface area contributed by atoms with Gasteiger partial charge < -0.3 is 14.2 Å². The quantitative estimate of drug-likeness (QED) is 0.464. The SMILES string of the molecule is FC12CC3CC(C1)CC(c1nnc4n1CCCCC4)(C3)C2.OC12CC3CC(C1)CC(c1nnc4n1CCCCC4)(C3)C2. The second-order valence-corrected chi connectivity index (χ2v) is 16.7. The molecule has 10 aliphatic rings. The lowest BCUT2D eigenvalue weighted by molar-refractivity contribution is -0.139. The molecule has 4 atom stereocenters. The number of aromatic nitrogens is 6. The highest BCUT2D eigenvalue weighted by molar-refractivity contribution is 5.24. The Hall–Kier alpha value is -1.83. The Balaban J connectivity index is 0.000000119. The summed E-state index contributed by atoms with van der Waals surface area (Å²) in [7, 11) is 0. The minimum Gasteiger partial charge on any atom is -0.390 e. The molecule has 228 valence electrons. The predicted molar refractivity (Wildman–Crippen MR) is 157 cm³/mol. The lowest BCUT2D eigenvalue weighted by Gasteiger charge is -2.59. The van der Waals surface area contributed by atoms with Gasteiger partial charge in [-0.15, -0.1) is 20.4 Å². The molecule has 0 radical (unpaired) electrons. The van der Waals surface area contributed by atoms with Crippen LogP contribution in [-0.2, 0) is 36.8 Å². The van der Waals surface area contributed by atoms with Crippen LogP contribution in [0.4, 0.5) is 4.39 Å². The second kappa shape index (κ2) is 9.34. The maximum atomic E-state index is 15.2. The van der Waals surface area contributed by atoms with Crippen molar-refractivity contribution in [3.05, 3.63) is 23.3 Å². The zero-order chi connectivity index (χ0) is 28.2. The Morgan fingerprint density at radius 2 is 1.05 bits per heavy atom. The Morgan fingerprint density at radius 3 is 1.52 bits per heavy atom. The molecule has 0 spiro atoms. The highest BCUT2D eigenvalue weighted by Gasteiger charge is 2.61. The van der Waals surface area contributed by atoms with Gasteiger partial charge in [0.2, 0.25) is 0 Å². The topological polar surface area (TPSA) is 81.7 Å². The smallest absolute Gasteiger partial charge is 0.139 e. The number of halogens is 1. The van der Waals surface area contributed by atoms with Crippen molar-refractivity contribution in [1.82, 2.24) is 29.5 Å². The van der Waals surface area contributed by atoms with Crippen molar-refractivity contribution >= 4 is 0 Å². The van der Waals surface area contributed by atoms with E-state index in [0.29, 0.717) is 18.3 Å². The van der Waals surface area contributed by atoms with Crippen LogP contribution in [0.3, 0.4) is 0 Å². The van der Waals surface area contributed by atoms with E-state index < -0.39 is 11.3 Å². The van der Waals surface area contributed by atoms with Crippen LogP contribution >= 0.6 is 0 Å². The number of hydrogen-bond donors (Lipinski definition) is 1. The molecular weight excluding hydrogens is 527 g/mol. The molecule has 1 N–H and O–H groups in total. The molecule has 0 amide bonds. The van der Waals surface area contributed by atoms with Gasteiger partial charge in [0.15, 0.2) is 0 Å². The Labute approximate surface area is 249 Å². The van der Waals surface area contributed by atoms with E-state index in [1.54, 1.807) is 0 Å². The van der Waals surface area contributed by atoms with E-state index in [9.17, 15) is 5.11 Å². The standard InChI is InChI=1S/C17H24FN3.C17H25N3O/c18-17-9-12-6-13(10-17)8-16(7-12,11-17)15-20-19-14-4-2-1-3-5-21(14)15;21-17-9-12-6-13(10-17)8-16(7-12,11-17)15-19-18-14-4-2-1-3-5-20(14)15/h12-13H,1-11H2;12-13,21H,1-11H2. The molecule has 8 heteroatoms. The summed E-state index contributed by atoms with van der Waals surface area (Å²) in [5, 5.41) is 29.3. The van der Waals surface area contributed by atoms with E-state index in [2.05, 4.69) is 29.5 Å². The normalized spacial score (nSPS) is 44.6. The molecule has 8 fully saturated rings. The molecule has 2 aromatic rings. The Kier molecular flexibility index (Phi) is 5.91. The fourth-order valence-electron chi connectivity index (χ4n) is 12.6. The second-order valence-electron chi connectivity index (χ2n) is 16.7. The third-order valence-electron chi connectivity index (χ3n) is 13.2. The van der Waals surface area contributed by atoms with Gasteiger partial charge in [-0.25, -0.2) is 4.39 Å². The van der Waals surface area contributed by atoms with Crippen LogP contribution in [0.15, 0.2) is 0 Å². The molecule has 8 aliphatic carbocycles. The van der Waals surface area contributed by atoms with E-state index in [-0.39, 0.29) is 10.8 Å². The summed E-state index contributed by atoms with van der Waals surface area (Å²) < 4.78 is 20.0. The number of hydrogen-bond acceptors (Lipinski definition) is 5. The van der Waals surface area contributed by atoms with Gasteiger partial charge in [-0.05, 0) is 126 Å². The molecule has 4 unspecified atom stereocenters. The van der Waals surface area contributed by atoms with Gasteiger partial charge in [0, 0.05) is 36.8 Å². The van der Waals surface area contributed by atoms with E-state index in [0.717, 1.165) is 94.4 Å². The molecule has 2 aromatic heterocycles. The van der Waals surface area contributed by atoms with E-state index in [1.807, 2.05) is 0 Å². The largest absolute Gasteiger partial charge is 0.390 e. The maximum absolute atomic E-state index is 15.2. The van der Waals surface area contributed by atoms with Crippen molar-refractivity contribution in [2.24, 2.45) is 23.7 Å². The lowest BCUT2D eigenvalue weighted by Crippen LogP contribution is -2.58. The van der Waals surface area contributed by atoms with Crippen LogP contribution in [0.25, 0.3) is 0 Å². The van der Waals surface area contributed by atoms with Gasteiger partial charge in [-0.2, -0.15) is 0 Å². The van der Waals surface area contributed by atoms with Crippen LogP contribution in [0.1, 0.15) is 139 Å². The number of aliphatic hydroxyl groups is 1. The summed E-state index contributed by atoms with van der Waals surface area (Å²) in [5.74, 6) is 7.36. The summed E-state index contributed by atoms with van der Waals surface area (Å²) in [6.45, 7) is 2.14. The van der Waals surface area contributed by atoms with E-state index in [4.69, 9.17) is 0 Å². The van der Waals surface area contributed by atoms with Gasteiger partial charge in [-0.1, -0.05) is 12.8 Å². The minimum absolute atomic E-state index is 0.00836. The molecule has 7 nitrogen and oxygen atoms in total. The first-order valence-electron chi connectivity index (χ1n) is 17.6. The predicted octanol–water partition coefficient (Wildman–Crippen LogP) is 6.15. The fourth-order valence-corrected chi connectivity index (χ4v) is 12.6. The summed E-state index contributed by atoms with van der Waals surface area (Å²) in [4.78, 5) is 0. The van der Waals surface area contributed by atoms with Gasteiger partial charge >= 0.3 is 0 Å². The van der Waals surface area contributed by atoms with Crippen molar-refractivity contribution in [2.45, 2.75) is 164 Å². The molecule has 8 bridgehead atoms. The van der Waals surface area contributed by atoms with Crippen LogP contribution < -0.4 is 0 Å². The first-order chi connectivity index (χ1) is 20.3. The van der Waals surface area contributed by atoms with Crippen LogP contribution in [0.5, 0.6) is 0 Å². The molecule has 4 heterocycles. The highest BCUT2D eigenvalue weighted by atomic mass is 19.1. The lowest BCUT2D eigenvalue weighted by atomic mass is 9.47. The molecule has 0 saturated heterocycles. The summed E-state index contributed by atoms with van der Waals surface area (Å²) in [6.07, 6.45) is 22.4. The average Bonchev–Trinajstić information content (AvgIpc) is 3.34. The van der Waals surface area contributed by atoms with Crippen LogP contribution in [0.2, 0.25) is 0 Å². The number of aryl methyl sites for hydroxylation is 2. The van der Waals surface area contributed by atoms with Crippen molar-refractivity contribution in [1.29, 1.82) is 0 Å². The highest BCUT2D eigenvalue weighted by Crippen LogP contribution is 2.64. The third-order valence-corrected chi connectivity index (χ3v) is 13.2. The Bertz CT molecular complexity index is 1230. The van der Waals surface area contributed by atoms with Gasteiger partial charge in [-0.3, -0.25) is 0 Å². The molecule has 42 heavy (non-hydrogen) atoms. The maximum Gasteiger partial charge on any atom is 0.139 e. The van der Waals surface area contributed by atoms with Crippen molar-refractivity contribution in [2.75, 3.05) is 0 Å². The fraction of sp³-hybridized carbons (Fsp3) is 0.882. The van der Waals surface area contributed by atoms with Crippen LogP contribution in [-0.4, -0.2) is 45.9 Å². The molecule has 8 saturated carbocycles. The Morgan fingerprint density at radius 1 is 0.571 bits per heavy atom. The number of fused-ring (bicyclic) bond motifs is 2. The van der Waals surface area contributed by atoms with E-state index >= 15 is 4.39 Å². The van der Waals surface area contributed by atoms with E-state index in [1.165, 1.54) is 75.9 Å². The zero-order valence-corrected chi connectivity index (χ0v) is 25.4. The van der Waals surface area contributed by atoms with Crippen molar-refractivity contribution in [3.8, 4) is 0 Å².